The molecule has 1 aliphatic heterocycles. The summed E-state index contributed by atoms with van der Waals surface area (Å²) < 4.78 is 66.5. The van der Waals surface area contributed by atoms with Crippen molar-refractivity contribution in [1.82, 2.24) is 15.3 Å². The standard InChI is InChI=1S/C32H27ClF4N4O5/c1-14-5-15-6-16(7-23(46-30(36)37)25(15)39-11-14)28(42)40-12-32(44,17-3-4-17)24-9-19-27(45-13-31(19,2)29(38)43)26(41-24)18-8-22(35)20(33)10-21(18)34/h5-11,17,30,44H,3-4,12-13H2,1-2H3,(H2,38,43)(H,40,42)/t31-,32?/m0/s1. The summed E-state index contributed by atoms with van der Waals surface area (Å²) in [5, 5.41) is 14.7. The smallest absolute Gasteiger partial charge is 0.387 e. The van der Waals surface area contributed by atoms with E-state index in [2.05, 4.69) is 20.0 Å². The molecule has 14 heteroatoms. The van der Waals surface area contributed by atoms with E-state index in [1.165, 1.54) is 25.3 Å². The Kier molecular flexibility index (Phi) is 7.80. The lowest BCUT2D eigenvalue weighted by Crippen LogP contribution is -2.44. The average Bonchev–Trinajstić information content (AvgIpc) is 3.80. The number of hydrogen-bond acceptors (Lipinski definition) is 7. The van der Waals surface area contributed by atoms with Crippen LogP contribution < -0.4 is 20.5 Å². The maximum absolute atomic E-state index is 15.2. The van der Waals surface area contributed by atoms with E-state index in [-0.39, 0.29) is 51.7 Å². The summed E-state index contributed by atoms with van der Waals surface area (Å²) in [7, 11) is 0. The Bertz CT molecular complexity index is 1920. The van der Waals surface area contributed by atoms with Crippen molar-refractivity contribution in [2.75, 3.05) is 13.2 Å². The molecule has 1 saturated carbocycles. The summed E-state index contributed by atoms with van der Waals surface area (Å²) in [4.78, 5) is 34.7. The number of aryl methyl sites for hydroxylation is 1. The first kappa shape index (κ1) is 31.5. The van der Waals surface area contributed by atoms with E-state index in [0.29, 0.717) is 18.2 Å². The van der Waals surface area contributed by atoms with Crippen molar-refractivity contribution in [2.24, 2.45) is 11.7 Å². The number of halogens is 5. The number of pyridine rings is 2. The highest BCUT2D eigenvalue weighted by Crippen LogP contribution is 2.50. The third kappa shape index (κ3) is 5.47. The Morgan fingerprint density at radius 1 is 1.20 bits per heavy atom. The second kappa shape index (κ2) is 11.4. The van der Waals surface area contributed by atoms with E-state index in [1.807, 2.05) is 0 Å². The highest BCUT2D eigenvalue weighted by molar-refractivity contribution is 6.30. The third-order valence-corrected chi connectivity index (χ3v) is 8.75. The van der Waals surface area contributed by atoms with Crippen LogP contribution in [-0.2, 0) is 15.8 Å². The van der Waals surface area contributed by atoms with E-state index >= 15 is 4.39 Å². The van der Waals surface area contributed by atoms with Crippen molar-refractivity contribution >= 4 is 34.3 Å². The van der Waals surface area contributed by atoms with Gasteiger partial charge in [-0.05, 0) is 74.6 Å². The molecule has 240 valence electrons. The molecule has 1 aliphatic carbocycles. The molecule has 46 heavy (non-hydrogen) atoms. The molecular formula is C32H27ClF4N4O5. The number of ether oxygens (including phenoxy) is 2. The number of benzene rings is 2. The van der Waals surface area contributed by atoms with Gasteiger partial charge in [0.25, 0.3) is 5.91 Å². The van der Waals surface area contributed by atoms with Crippen LogP contribution in [0.5, 0.6) is 11.5 Å². The van der Waals surface area contributed by atoms with E-state index in [4.69, 9.17) is 22.1 Å². The van der Waals surface area contributed by atoms with Crippen molar-refractivity contribution < 1.29 is 41.7 Å². The van der Waals surface area contributed by atoms with E-state index in [9.17, 15) is 27.9 Å². The monoisotopic (exact) mass is 658 g/mol. The molecule has 6 rings (SSSR count). The SMILES string of the molecule is Cc1cnc2c(OC(F)F)cc(C(=O)NCC(O)(c3cc4c(c(-c5cc(F)c(Cl)cc5F)n3)OC[C@]4(C)C(N)=O)C3CC3)cc2c1. The van der Waals surface area contributed by atoms with Gasteiger partial charge in [0.1, 0.15) is 46.2 Å². The Morgan fingerprint density at radius 2 is 1.93 bits per heavy atom. The number of fused-ring (bicyclic) bond motifs is 2. The van der Waals surface area contributed by atoms with Crippen LogP contribution in [-0.4, -0.2) is 46.7 Å². The number of nitrogens with zero attached hydrogens (tertiary/aromatic N) is 2. The molecule has 0 bridgehead atoms. The molecular weight excluding hydrogens is 632 g/mol. The molecule has 1 unspecified atom stereocenters. The van der Waals surface area contributed by atoms with Crippen LogP contribution in [0.4, 0.5) is 17.6 Å². The van der Waals surface area contributed by atoms with Gasteiger partial charge in [0.05, 0.1) is 17.3 Å². The number of alkyl halides is 2. The number of carbonyl (C=O) groups is 2. The van der Waals surface area contributed by atoms with Gasteiger partial charge >= 0.3 is 6.61 Å². The molecule has 2 aliphatic rings. The van der Waals surface area contributed by atoms with Crippen LogP contribution in [0.25, 0.3) is 22.2 Å². The predicted molar refractivity (Wildman–Crippen MR) is 159 cm³/mol. The van der Waals surface area contributed by atoms with Crippen LogP contribution in [0.1, 0.15) is 46.9 Å². The first-order chi connectivity index (χ1) is 21.7. The molecule has 2 amide bonds. The summed E-state index contributed by atoms with van der Waals surface area (Å²) in [6.07, 6.45) is 2.56. The normalized spacial score (nSPS) is 18.6. The van der Waals surface area contributed by atoms with Crippen molar-refractivity contribution in [3.63, 3.8) is 0 Å². The number of hydrogen-bond donors (Lipinski definition) is 3. The number of aromatic nitrogens is 2. The fraction of sp³-hybridized carbons (Fsp3) is 0.312. The van der Waals surface area contributed by atoms with Gasteiger partial charge in [-0.3, -0.25) is 14.6 Å². The number of nitrogens with one attached hydrogen (secondary N) is 1. The third-order valence-electron chi connectivity index (χ3n) is 8.46. The number of carbonyl (C=O) groups excluding carboxylic acids is 2. The van der Waals surface area contributed by atoms with Gasteiger partial charge in [0.2, 0.25) is 5.91 Å². The molecule has 4 N–H and O–H groups in total. The summed E-state index contributed by atoms with van der Waals surface area (Å²) in [6.45, 7) is -0.535. The number of nitrogens with two attached hydrogens (primary N) is 1. The van der Waals surface area contributed by atoms with Crippen LogP contribution >= 0.6 is 11.6 Å². The highest BCUT2D eigenvalue weighted by Gasteiger charge is 2.50. The first-order valence-electron chi connectivity index (χ1n) is 14.2. The Morgan fingerprint density at radius 3 is 2.61 bits per heavy atom. The Labute approximate surface area is 264 Å². The molecule has 3 heterocycles. The van der Waals surface area contributed by atoms with E-state index < -0.39 is 58.6 Å². The van der Waals surface area contributed by atoms with Gasteiger partial charge in [-0.15, -0.1) is 0 Å². The summed E-state index contributed by atoms with van der Waals surface area (Å²) in [5.41, 5.74) is 2.91. The van der Waals surface area contributed by atoms with Crippen LogP contribution in [0.15, 0.2) is 42.6 Å². The van der Waals surface area contributed by atoms with Gasteiger partial charge in [0, 0.05) is 28.3 Å². The van der Waals surface area contributed by atoms with E-state index in [0.717, 1.165) is 23.8 Å². The summed E-state index contributed by atoms with van der Waals surface area (Å²) >= 11 is 5.77. The first-order valence-corrected chi connectivity index (χ1v) is 14.6. The zero-order valence-electron chi connectivity index (χ0n) is 24.5. The maximum atomic E-state index is 15.2. The lowest BCUT2D eigenvalue weighted by Gasteiger charge is -2.30. The average molecular weight is 659 g/mol. The fourth-order valence-electron chi connectivity index (χ4n) is 5.66. The topological polar surface area (TPSA) is 137 Å². The van der Waals surface area contributed by atoms with E-state index in [1.54, 1.807) is 13.0 Å². The molecule has 0 radical (unpaired) electrons. The van der Waals surface area contributed by atoms with Crippen LogP contribution in [0.3, 0.4) is 0 Å². The lowest BCUT2D eigenvalue weighted by molar-refractivity contribution is -0.123. The second-order valence-corrected chi connectivity index (χ2v) is 12.2. The number of rotatable bonds is 9. The predicted octanol–water partition coefficient (Wildman–Crippen LogP) is 5.30. The molecule has 1 fully saturated rings. The minimum absolute atomic E-state index is 0.0144. The molecule has 2 aromatic carbocycles. The van der Waals surface area contributed by atoms with Gasteiger partial charge in [0.15, 0.2) is 5.75 Å². The van der Waals surface area contributed by atoms with Crippen molar-refractivity contribution in [3.05, 3.63) is 81.6 Å². The van der Waals surface area contributed by atoms with Gasteiger partial charge in [-0.25, -0.2) is 13.8 Å². The van der Waals surface area contributed by atoms with Crippen LogP contribution in [0, 0.1) is 24.5 Å². The summed E-state index contributed by atoms with van der Waals surface area (Å²) in [6, 6.07) is 7.27. The largest absolute Gasteiger partial charge is 0.489 e. The number of aliphatic hydroxyl groups is 1. The molecule has 9 nitrogen and oxygen atoms in total. The molecule has 4 aromatic rings. The van der Waals surface area contributed by atoms with Gasteiger partial charge in [-0.2, -0.15) is 8.78 Å². The highest BCUT2D eigenvalue weighted by atomic mass is 35.5. The fourth-order valence-corrected chi connectivity index (χ4v) is 5.81. The Hall–Kier alpha value is -4.49. The minimum atomic E-state index is -3.17. The van der Waals surface area contributed by atoms with Crippen LogP contribution in [0.2, 0.25) is 5.02 Å². The van der Waals surface area contributed by atoms with Gasteiger partial charge < -0.3 is 25.6 Å². The summed E-state index contributed by atoms with van der Waals surface area (Å²) in [5.74, 6) is -4.08. The van der Waals surface area contributed by atoms with Crippen molar-refractivity contribution in [1.29, 1.82) is 0 Å². The molecule has 0 spiro atoms. The minimum Gasteiger partial charge on any atom is -0.489 e. The zero-order chi connectivity index (χ0) is 33.1. The lowest BCUT2D eigenvalue weighted by atomic mass is 9.81. The Balaban J connectivity index is 1.42. The molecule has 0 saturated heterocycles. The van der Waals surface area contributed by atoms with Crippen molar-refractivity contribution in [2.45, 2.75) is 44.3 Å². The maximum Gasteiger partial charge on any atom is 0.387 e. The zero-order valence-corrected chi connectivity index (χ0v) is 25.2. The molecule has 2 aromatic heterocycles. The quantitative estimate of drug-likeness (QED) is 0.164. The second-order valence-electron chi connectivity index (χ2n) is 11.8. The number of amides is 2. The molecule has 2 atom stereocenters. The van der Waals surface area contributed by atoms with Gasteiger partial charge in [-0.1, -0.05) is 11.6 Å². The van der Waals surface area contributed by atoms with Crippen molar-refractivity contribution in [3.8, 4) is 22.8 Å². The number of primary amides is 1.